The van der Waals surface area contributed by atoms with E-state index < -0.39 is 157 Å². The number of benzene rings is 1. The van der Waals surface area contributed by atoms with Crippen LogP contribution in [0.2, 0.25) is 0 Å². The standard InChI is InChI=1S/C62H101N11O14/c1-11-15-16-17-21-24-41-32-50(77)65-44(25-27-74)55(80)66-43(14-4)62(87)73-35-42(76)33-49(73)59(84)67-45(26-28-75)56(81)69-48(31-40-22-19-18-20-23-40)57(82)68-47(30-37(7)8)58(83)71-53(39(10)13-3)61(86)72-52(38(9)12-2)60(85)70-46(29-36(5)6)54(79)63-34-51(78)64-41/h14,18-20,22-23,36-39,41-42,44-49,52-53,74-76H,11-13,15-17,21,24-35H2,1-10H3,(H,63,79)(H,64,78)(H,65,77)(H,66,80)(H,67,84)(H,68,82)(H,69,81)(H,70,85)(H,71,83)(H,72,86)/b43-14+/t38?,39?,41?,42-,44+,45+,46+,47-,48-,49+,52-,53+/m1/s1. The van der Waals surface area contributed by atoms with Gasteiger partial charge in [0.05, 0.1) is 12.6 Å². The highest BCUT2D eigenvalue weighted by atomic mass is 16.3. The molecule has 3 rings (SSSR count). The predicted molar refractivity (Wildman–Crippen MR) is 326 cm³/mol. The van der Waals surface area contributed by atoms with Gasteiger partial charge in [-0.15, -0.1) is 0 Å². The van der Waals surface area contributed by atoms with E-state index in [0.29, 0.717) is 31.2 Å². The second kappa shape index (κ2) is 38.3. The van der Waals surface area contributed by atoms with E-state index in [4.69, 9.17) is 0 Å². The lowest BCUT2D eigenvalue weighted by Gasteiger charge is -2.31. The first kappa shape index (κ1) is 74.3. The maximum atomic E-state index is 14.6. The average Bonchev–Trinajstić information content (AvgIpc) is 2.97. The molecule has 0 aromatic heterocycles. The molecule has 0 bridgehead atoms. The number of aliphatic hydroxyl groups is 3. The van der Waals surface area contributed by atoms with Crippen molar-refractivity contribution in [1.29, 1.82) is 0 Å². The van der Waals surface area contributed by atoms with Crippen molar-refractivity contribution in [3.05, 3.63) is 47.7 Å². The Labute approximate surface area is 513 Å². The molecule has 0 radical (unpaired) electrons. The van der Waals surface area contributed by atoms with Crippen molar-refractivity contribution in [2.75, 3.05) is 26.3 Å². The van der Waals surface area contributed by atoms with E-state index in [1.54, 1.807) is 44.2 Å². The number of amides is 11. The molecule has 3 unspecified atom stereocenters. The summed E-state index contributed by atoms with van der Waals surface area (Å²) in [5, 5.41) is 58.1. The van der Waals surface area contributed by atoms with Crippen molar-refractivity contribution in [3.63, 3.8) is 0 Å². The van der Waals surface area contributed by atoms with Gasteiger partial charge in [0.15, 0.2) is 0 Å². The van der Waals surface area contributed by atoms with Crippen molar-refractivity contribution < 1.29 is 68.1 Å². The number of fused-ring (bicyclic) bond motifs is 1. The fourth-order valence-electron chi connectivity index (χ4n) is 10.4. The van der Waals surface area contributed by atoms with Crippen molar-refractivity contribution >= 4 is 65.0 Å². The number of hydrogen-bond acceptors (Lipinski definition) is 14. The van der Waals surface area contributed by atoms with Crippen molar-refractivity contribution in [1.82, 2.24) is 58.1 Å². The molecule has 0 saturated carbocycles. The Morgan fingerprint density at radius 1 is 0.552 bits per heavy atom. The quantitative estimate of drug-likeness (QED) is 0.0638. The van der Waals surface area contributed by atoms with Gasteiger partial charge in [-0.2, -0.15) is 0 Å². The van der Waals surface area contributed by atoms with Crippen LogP contribution in [0, 0.1) is 23.7 Å². The fourth-order valence-corrected chi connectivity index (χ4v) is 10.4. The molecule has 2 aliphatic rings. The molecule has 1 aromatic carbocycles. The van der Waals surface area contributed by atoms with Crippen LogP contribution in [0.1, 0.15) is 165 Å². The van der Waals surface area contributed by atoms with Crippen LogP contribution in [0.3, 0.4) is 0 Å². The zero-order chi connectivity index (χ0) is 64.9. The first-order valence-corrected chi connectivity index (χ1v) is 31.2. The topological polar surface area (TPSA) is 372 Å². The smallest absolute Gasteiger partial charge is 0.270 e. The van der Waals surface area contributed by atoms with Crippen LogP contribution in [0.5, 0.6) is 0 Å². The summed E-state index contributed by atoms with van der Waals surface area (Å²) in [4.78, 5) is 157. The zero-order valence-corrected chi connectivity index (χ0v) is 52.8. The van der Waals surface area contributed by atoms with E-state index in [9.17, 15) is 68.1 Å². The van der Waals surface area contributed by atoms with Gasteiger partial charge in [0, 0.05) is 45.1 Å². The summed E-state index contributed by atoms with van der Waals surface area (Å²) >= 11 is 0. The molecule has 87 heavy (non-hydrogen) atoms. The summed E-state index contributed by atoms with van der Waals surface area (Å²) in [6.45, 7) is 15.8. The summed E-state index contributed by atoms with van der Waals surface area (Å²) < 4.78 is 0. The number of carbonyl (C=O) groups is 11. The third kappa shape index (κ3) is 25.0. The molecule has 11 amide bonds. The average molecular weight is 1220 g/mol. The van der Waals surface area contributed by atoms with E-state index >= 15 is 0 Å². The minimum Gasteiger partial charge on any atom is -0.396 e. The van der Waals surface area contributed by atoms with Crippen LogP contribution in [0.15, 0.2) is 42.1 Å². The second-order valence-electron chi connectivity index (χ2n) is 24.0. The molecule has 12 atom stereocenters. The molecule has 2 heterocycles. The second-order valence-corrected chi connectivity index (χ2v) is 24.0. The van der Waals surface area contributed by atoms with Gasteiger partial charge in [0.25, 0.3) is 5.91 Å². The molecule has 13 N–H and O–H groups in total. The number of hydrogen-bond donors (Lipinski definition) is 13. The van der Waals surface area contributed by atoms with Gasteiger partial charge in [-0.1, -0.05) is 144 Å². The van der Waals surface area contributed by atoms with Crippen LogP contribution in [0.4, 0.5) is 0 Å². The Balaban J connectivity index is 2.18. The largest absolute Gasteiger partial charge is 0.396 e. The van der Waals surface area contributed by atoms with Crippen LogP contribution >= 0.6 is 0 Å². The van der Waals surface area contributed by atoms with E-state index in [2.05, 4.69) is 60.1 Å². The van der Waals surface area contributed by atoms with E-state index in [0.717, 1.165) is 30.6 Å². The molecule has 488 valence electrons. The van der Waals surface area contributed by atoms with Gasteiger partial charge < -0.3 is 73.4 Å². The minimum atomic E-state index is -1.52. The van der Waals surface area contributed by atoms with Crippen LogP contribution < -0.4 is 53.2 Å². The predicted octanol–water partition coefficient (Wildman–Crippen LogP) is 0.919. The number of carbonyl (C=O) groups excluding carboxylic acids is 11. The number of allylic oxidation sites excluding steroid dienone is 1. The van der Waals surface area contributed by atoms with Gasteiger partial charge in [-0.05, 0) is 68.3 Å². The molecule has 25 heteroatoms. The normalized spacial score (nSPS) is 26.6. The lowest BCUT2D eigenvalue weighted by Crippen LogP contribution is -2.62. The van der Waals surface area contributed by atoms with Crippen molar-refractivity contribution in [2.24, 2.45) is 23.7 Å². The van der Waals surface area contributed by atoms with E-state index in [-0.39, 0.29) is 69.0 Å². The lowest BCUT2D eigenvalue weighted by molar-refractivity contribution is -0.139. The van der Waals surface area contributed by atoms with Crippen LogP contribution in [0.25, 0.3) is 0 Å². The molecule has 25 nitrogen and oxygen atoms in total. The molecular weight excluding hydrogens is 1120 g/mol. The van der Waals surface area contributed by atoms with Gasteiger partial charge in [0.1, 0.15) is 54.0 Å². The number of nitrogens with one attached hydrogen (secondary N) is 10. The number of aliphatic hydroxyl groups excluding tert-OH is 3. The van der Waals surface area contributed by atoms with Crippen molar-refractivity contribution in [2.45, 2.75) is 226 Å². The summed E-state index contributed by atoms with van der Waals surface area (Å²) in [6, 6.07) is -2.83. The molecule has 0 aliphatic carbocycles. The Hall–Kier alpha value is -6.99. The van der Waals surface area contributed by atoms with Gasteiger partial charge in [0.2, 0.25) is 59.1 Å². The maximum absolute atomic E-state index is 14.6. The first-order chi connectivity index (χ1) is 41.3. The summed E-state index contributed by atoms with van der Waals surface area (Å²) in [7, 11) is 0. The van der Waals surface area contributed by atoms with Crippen LogP contribution in [-0.4, -0.2) is 172 Å². The van der Waals surface area contributed by atoms with Crippen LogP contribution in [-0.2, 0) is 59.2 Å². The molecule has 2 aliphatic heterocycles. The van der Waals surface area contributed by atoms with Gasteiger partial charge in [-0.3, -0.25) is 52.7 Å². The summed E-state index contributed by atoms with van der Waals surface area (Å²) in [6.07, 6.45) is 4.20. The first-order valence-electron chi connectivity index (χ1n) is 31.2. The monoisotopic (exact) mass is 1220 g/mol. The number of unbranched alkanes of at least 4 members (excludes halogenated alkanes) is 4. The summed E-state index contributed by atoms with van der Waals surface area (Å²) in [5.41, 5.74) is 0.244. The van der Waals surface area contributed by atoms with E-state index in [1.807, 2.05) is 41.5 Å². The lowest BCUT2D eigenvalue weighted by atomic mass is 9.93. The molecule has 1 aromatic rings. The number of nitrogens with zero attached hydrogens (tertiary/aromatic N) is 1. The Kier molecular flexibility index (Phi) is 32.7. The van der Waals surface area contributed by atoms with Gasteiger partial charge in [-0.25, -0.2) is 0 Å². The molecule has 0 spiro atoms. The SMILES string of the molecule is C/C=C1/NC(=O)[C@H](CCO)NC(=O)CC(CCCCCCC)NC(=O)CNC(=O)[C@H](CC(C)C)NC(=O)[C@@H](C(C)CC)NC(=O)[C@H](C(C)CC)NC(=O)[C@@H](CC(C)C)NC(=O)[C@@H](Cc2ccccc2)NC(=O)[C@H](CCO)NC(=O)[C@@H]2C[C@@H](O)CN2C1=O. The Bertz CT molecular complexity index is 2480. The molecular formula is C62H101N11O14. The van der Waals surface area contributed by atoms with Gasteiger partial charge >= 0.3 is 0 Å². The van der Waals surface area contributed by atoms with Crippen molar-refractivity contribution in [3.8, 4) is 0 Å². The fraction of sp³-hybridized carbons (Fsp3) is 0.694. The Morgan fingerprint density at radius 2 is 1.06 bits per heavy atom. The zero-order valence-electron chi connectivity index (χ0n) is 52.8. The molecule has 2 saturated heterocycles. The highest BCUT2D eigenvalue weighted by molar-refractivity contribution is 6.02. The third-order valence-corrected chi connectivity index (χ3v) is 15.8. The maximum Gasteiger partial charge on any atom is 0.270 e. The molecule has 2 fully saturated rings. The van der Waals surface area contributed by atoms with E-state index in [1.165, 1.54) is 13.0 Å². The highest BCUT2D eigenvalue weighted by Crippen LogP contribution is 2.22. The Morgan fingerprint density at radius 3 is 1.62 bits per heavy atom. The third-order valence-electron chi connectivity index (χ3n) is 15.8. The summed E-state index contributed by atoms with van der Waals surface area (Å²) in [5.74, 6) is -10.0. The number of rotatable bonds is 20. The minimum absolute atomic E-state index is 0.0705. The highest BCUT2D eigenvalue weighted by Gasteiger charge is 2.43.